The first-order valence-electron chi connectivity index (χ1n) is 8.15. The van der Waals surface area contributed by atoms with E-state index in [9.17, 15) is 25.1 Å². The maximum Gasteiger partial charge on any atom is 0.343 e. The number of allylic oxidation sites excluding steroid dienone is 1. The topological polar surface area (TPSA) is 114 Å². The van der Waals surface area contributed by atoms with Crippen LogP contribution in [-0.2, 0) is 0 Å². The van der Waals surface area contributed by atoms with E-state index in [2.05, 4.69) is 6.58 Å². The normalized spacial score (nSPS) is 12.0. The molecule has 0 spiro atoms. The Labute approximate surface area is 154 Å². The fourth-order valence-corrected chi connectivity index (χ4v) is 3.06. The van der Waals surface area contributed by atoms with Gasteiger partial charge in [0.2, 0.25) is 0 Å². The second kappa shape index (κ2) is 6.95. The Bertz CT molecular complexity index is 1100. The van der Waals surface area contributed by atoms with E-state index in [1.165, 1.54) is 42.5 Å². The molecule has 1 aromatic heterocycles. The van der Waals surface area contributed by atoms with Crippen LogP contribution in [0.15, 0.2) is 63.8 Å². The van der Waals surface area contributed by atoms with Crippen molar-refractivity contribution in [2.24, 2.45) is 0 Å². The number of benzene rings is 2. The third-order valence-electron chi connectivity index (χ3n) is 4.30. The molecular weight excluding hydrogens is 350 g/mol. The minimum atomic E-state index is -0.713. The van der Waals surface area contributed by atoms with Gasteiger partial charge in [-0.2, -0.15) is 0 Å². The van der Waals surface area contributed by atoms with Crippen molar-refractivity contribution < 1.29 is 19.6 Å². The van der Waals surface area contributed by atoms with Crippen LogP contribution in [-0.4, -0.2) is 15.1 Å². The summed E-state index contributed by atoms with van der Waals surface area (Å²) in [7, 11) is 0. The summed E-state index contributed by atoms with van der Waals surface area (Å²) in [5.41, 5.74) is 0.739. The number of nitrogens with zero attached hydrogens (tertiary/aromatic N) is 1. The summed E-state index contributed by atoms with van der Waals surface area (Å²) in [4.78, 5) is 23.0. The number of nitro benzene ring substituents is 1. The summed E-state index contributed by atoms with van der Waals surface area (Å²) in [6.45, 7) is 5.65. The van der Waals surface area contributed by atoms with Crippen molar-refractivity contribution in [1.29, 1.82) is 0 Å². The van der Waals surface area contributed by atoms with Gasteiger partial charge in [0.1, 0.15) is 17.1 Å². The van der Waals surface area contributed by atoms with Gasteiger partial charge in [-0.25, -0.2) is 4.79 Å². The van der Waals surface area contributed by atoms with Gasteiger partial charge in [-0.3, -0.25) is 10.1 Å². The molecule has 0 aliphatic carbocycles. The van der Waals surface area contributed by atoms with E-state index in [0.717, 1.165) is 5.57 Å². The van der Waals surface area contributed by atoms with Crippen molar-refractivity contribution >= 4 is 16.7 Å². The van der Waals surface area contributed by atoms with Crippen LogP contribution in [0.2, 0.25) is 0 Å². The lowest BCUT2D eigenvalue weighted by Crippen LogP contribution is -2.15. The van der Waals surface area contributed by atoms with Gasteiger partial charge in [-0.1, -0.05) is 17.7 Å². The monoisotopic (exact) mass is 367 g/mol. The highest BCUT2D eigenvalue weighted by molar-refractivity contribution is 5.85. The van der Waals surface area contributed by atoms with E-state index >= 15 is 0 Å². The number of phenolic OH excluding ortho intramolecular Hbond substituents is 1. The van der Waals surface area contributed by atoms with Crippen molar-refractivity contribution in [2.45, 2.75) is 19.3 Å². The second-order valence-electron chi connectivity index (χ2n) is 6.39. The van der Waals surface area contributed by atoms with Gasteiger partial charge in [0.25, 0.3) is 5.69 Å². The smallest absolute Gasteiger partial charge is 0.343 e. The van der Waals surface area contributed by atoms with E-state index in [1.54, 1.807) is 6.92 Å². The second-order valence-corrected chi connectivity index (χ2v) is 6.39. The highest BCUT2D eigenvalue weighted by Crippen LogP contribution is 2.38. The lowest BCUT2D eigenvalue weighted by molar-refractivity contribution is -0.384. The summed E-state index contributed by atoms with van der Waals surface area (Å²) < 4.78 is 5.31. The van der Waals surface area contributed by atoms with Gasteiger partial charge in [0, 0.05) is 18.1 Å². The molecule has 0 saturated carbocycles. The maximum atomic E-state index is 12.6. The zero-order valence-electron chi connectivity index (χ0n) is 14.5. The first-order chi connectivity index (χ1) is 12.8. The van der Waals surface area contributed by atoms with E-state index < -0.39 is 16.5 Å². The predicted octanol–water partition coefficient (Wildman–Crippen LogP) is 4.21. The number of rotatable bonds is 5. The minimum Gasteiger partial charge on any atom is -0.508 e. The summed E-state index contributed by atoms with van der Waals surface area (Å²) in [6.07, 6.45) is 0.334. The first-order valence-corrected chi connectivity index (χ1v) is 8.15. The number of hydrogen-bond donors (Lipinski definition) is 2. The lowest BCUT2D eigenvalue weighted by Gasteiger charge is -2.18. The fourth-order valence-electron chi connectivity index (χ4n) is 3.06. The lowest BCUT2D eigenvalue weighted by atomic mass is 9.86. The average molecular weight is 367 g/mol. The Morgan fingerprint density at radius 1 is 1.22 bits per heavy atom. The Hall–Kier alpha value is -3.61. The van der Waals surface area contributed by atoms with E-state index in [4.69, 9.17) is 4.42 Å². The number of non-ortho nitro benzene ring substituents is 1. The highest BCUT2D eigenvalue weighted by atomic mass is 16.6. The predicted molar refractivity (Wildman–Crippen MR) is 100 cm³/mol. The molecule has 0 aliphatic heterocycles. The molecule has 138 valence electrons. The zero-order valence-corrected chi connectivity index (χ0v) is 14.5. The highest BCUT2D eigenvalue weighted by Gasteiger charge is 2.25. The number of fused-ring (bicyclic) bond motifs is 1. The Morgan fingerprint density at radius 3 is 2.48 bits per heavy atom. The third kappa shape index (κ3) is 3.52. The standard InChI is InChI=1S/C20H17NO6/c1-11(2)9-15(12-3-5-13(6-4-12)21(25)26)18-19(23)16-10-14(22)7-8-17(16)27-20(18)24/h3-8,10,15,22-23H,1,9H2,2H3. The largest absolute Gasteiger partial charge is 0.508 e. The van der Waals surface area contributed by atoms with E-state index in [-0.39, 0.29) is 33.7 Å². The summed E-state index contributed by atoms with van der Waals surface area (Å²) in [5.74, 6) is -0.975. The maximum absolute atomic E-state index is 12.6. The molecule has 3 rings (SSSR count). The molecule has 1 heterocycles. The van der Waals surface area contributed by atoms with Gasteiger partial charge in [0.15, 0.2) is 0 Å². The van der Waals surface area contributed by atoms with Gasteiger partial charge in [0.05, 0.1) is 15.9 Å². The molecule has 0 amide bonds. The first kappa shape index (κ1) is 18.2. The molecule has 7 nitrogen and oxygen atoms in total. The molecule has 27 heavy (non-hydrogen) atoms. The molecular formula is C20H17NO6. The summed E-state index contributed by atoms with van der Waals surface area (Å²) in [6, 6.07) is 9.82. The zero-order chi connectivity index (χ0) is 19.7. The molecule has 7 heteroatoms. The molecule has 0 aliphatic rings. The van der Waals surface area contributed by atoms with Crippen LogP contribution in [0.25, 0.3) is 11.0 Å². The van der Waals surface area contributed by atoms with E-state index in [0.29, 0.717) is 12.0 Å². The molecule has 1 atom stereocenters. The van der Waals surface area contributed by atoms with E-state index in [1.807, 2.05) is 0 Å². The molecule has 2 aromatic carbocycles. The average Bonchev–Trinajstić information content (AvgIpc) is 2.61. The molecule has 2 N–H and O–H groups in total. The van der Waals surface area contributed by atoms with Crippen LogP contribution in [0.3, 0.4) is 0 Å². The molecule has 3 aromatic rings. The third-order valence-corrected chi connectivity index (χ3v) is 4.30. The van der Waals surface area contributed by atoms with Gasteiger partial charge < -0.3 is 14.6 Å². The number of phenols is 1. The van der Waals surface area contributed by atoms with Crippen molar-refractivity contribution in [2.75, 3.05) is 0 Å². The number of nitro groups is 1. The molecule has 0 radical (unpaired) electrons. The van der Waals surface area contributed by atoms with Gasteiger partial charge in [-0.15, -0.1) is 6.58 Å². The SMILES string of the molecule is C=C(C)CC(c1ccc([N+](=O)[O-])cc1)c1c(O)c2cc(O)ccc2oc1=O. The van der Waals surface area contributed by atoms with Crippen molar-refractivity contribution in [3.05, 3.63) is 86.3 Å². The summed E-state index contributed by atoms with van der Waals surface area (Å²) in [5, 5.41) is 31.5. The van der Waals surface area contributed by atoms with Crippen LogP contribution in [0.1, 0.15) is 30.4 Å². The Balaban J connectivity index is 2.22. The van der Waals surface area contributed by atoms with Crippen LogP contribution in [0, 0.1) is 10.1 Å². The molecule has 0 bridgehead atoms. The van der Waals surface area contributed by atoms with Crippen molar-refractivity contribution in [3.63, 3.8) is 0 Å². The van der Waals surface area contributed by atoms with Crippen LogP contribution in [0.5, 0.6) is 11.5 Å². The molecule has 0 fully saturated rings. The molecule has 1 unspecified atom stereocenters. The van der Waals surface area contributed by atoms with Crippen molar-refractivity contribution in [3.8, 4) is 11.5 Å². The quantitative estimate of drug-likeness (QED) is 0.302. The van der Waals surface area contributed by atoms with Crippen molar-refractivity contribution in [1.82, 2.24) is 0 Å². The van der Waals surface area contributed by atoms with Crippen LogP contribution < -0.4 is 5.63 Å². The van der Waals surface area contributed by atoms with Crippen LogP contribution in [0.4, 0.5) is 5.69 Å². The van der Waals surface area contributed by atoms with Crippen LogP contribution >= 0.6 is 0 Å². The van der Waals surface area contributed by atoms with Gasteiger partial charge in [-0.05, 0) is 37.1 Å². The minimum absolute atomic E-state index is 0.0185. The summed E-state index contributed by atoms with van der Waals surface area (Å²) >= 11 is 0. The Morgan fingerprint density at radius 2 is 1.89 bits per heavy atom. The number of hydrogen-bond acceptors (Lipinski definition) is 6. The van der Waals surface area contributed by atoms with Gasteiger partial charge >= 0.3 is 5.63 Å². The Kier molecular flexibility index (Phi) is 4.68. The molecule has 0 saturated heterocycles. The number of aromatic hydroxyl groups is 2. The fraction of sp³-hybridized carbons (Fsp3) is 0.150.